The molecule has 0 unspecified atom stereocenters. The normalized spacial score (nSPS) is 23.9. The van der Waals surface area contributed by atoms with E-state index in [2.05, 4.69) is 29.0 Å². The fraction of sp³-hybridized carbons (Fsp3) is 0.786. The molecular weight excluding hydrogens is 242 g/mol. The molecule has 100 valence electrons. The van der Waals surface area contributed by atoms with E-state index in [0.29, 0.717) is 5.54 Å². The zero-order chi connectivity index (χ0) is 12.6. The van der Waals surface area contributed by atoms with Crippen LogP contribution in [0.2, 0.25) is 0 Å². The Kier molecular flexibility index (Phi) is 3.43. The van der Waals surface area contributed by atoms with Gasteiger partial charge in [0.1, 0.15) is 5.01 Å². The summed E-state index contributed by atoms with van der Waals surface area (Å²) >= 11 is 1.87. The van der Waals surface area contributed by atoms with Crippen molar-refractivity contribution < 1.29 is 0 Å². The maximum absolute atomic E-state index is 4.68. The summed E-state index contributed by atoms with van der Waals surface area (Å²) in [6.07, 6.45) is 5.52. The summed E-state index contributed by atoms with van der Waals surface area (Å²) in [5.41, 5.74) is 1.64. The molecule has 1 aliphatic carbocycles. The summed E-state index contributed by atoms with van der Waals surface area (Å²) in [4.78, 5) is 8.64. The lowest BCUT2D eigenvalue weighted by Gasteiger charge is -2.41. The van der Waals surface area contributed by atoms with Crippen LogP contribution in [0.25, 0.3) is 0 Å². The third-order valence-electron chi connectivity index (χ3n) is 4.45. The van der Waals surface area contributed by atoms with Crippen LogP contribution in [0, 0.1) is 13.8 Å². The highest BCUT2D eigenvalue weighted by Crippen LogP contribution is 2.32. The molecule has 1 spiro atoms. The van der Waals surface area contributed by atoms with E-state index in [9.17, 15) is 0 Å². The van der Waals surface area contributed by atoms with Crippen LogP contribution in [0.3, 0.4) is 0 Å². The van der Waals surface area contributed by atoms with E-state index >= 15 is 0 Å². The number of nitrogens with one attached hydrogen (secondary N) is 1. The first kappa shape index (κ1) is 12.6. The fourth-order valence-corrected chi connectivity index (χ4v) is 4.34. The summed E-state index contributed by atoms with van der Waals surface area (Å²) in [5, 5.41) is 5.06. The minimum atomic E-state index is 0.430. The van der Waals surface area contributed by atoms with Crippen LogP contribution in [0.15, 0.2) is 0 Å². The van der Waals surface area contributed by atoms with Gasteiger partial charge in [-0.15, -0.1) is 11.3 Å². The molecule has 0 amide bonds. The van der Waals surface area contributed by atoms with Gasteiger partial charge < -0.3 is 5.32 Å². The van der Waals surface area contributed by atoms with Crippen LogP contribution in [0.5, 0.6) is 0 Å². The monoisotopic (exact) mass is 265 g/mol. The van der Waals surface area contributed by atoms with Crippen molar-refractivity contribution in [3.05, 3.63) is 15.6 Å². The van der Waals surface area contributed by atoms with Gasteiger partial charge in [0.2, 0.25) is 0 Å². The Bertz CT molecular complexity index is 401. The summed E-state index contributed by atoms with van der Waals surface area (Å²) in [7, 11) is 0. The zero-order valence-corrected chi connectivity index (χ0v) is 12.3. The number of thiazole rings is 1. The van der Waals surface area contributed by atoms with Crippen LogP contribution in [0.4, 0.5) is 0 Å². The largest absolute Gasteiger partial charge is 0.309 e. The second-order valence-corrected chi connectivity index (χ2v) is 7.16. The van der Waals surface area contributed by atoms with E-state index < -0.39 is 0 Å². The van der Waals surface area contributed by atoms with Crippen LogP contribution < -0.4 is 5.32 Å². The lowest BCUT2D eigenvalue weighted by molar-refractivity contribution is 0.128. The second-order valence-electron chi connectivity index (χ2n) is 5.87. The maximum Gasteiger partial charge on any atom is 0.107 e. The average molecular weight is 265 g/mol. The number of nitrogens with zero attached hydrogens (tertiary/aromatic N) is 2. The molecular formula is C14H23N3S. The van der Waals surface area contributed by atoms with Gasteiger partial charge in [-0.25, -0.2) is 4.98 Å². The molecule has 0 bridgehead atoms. The molecule has 3 nitrogen and oxygen atoms in total. The van der Waals surface area contributed by atoms with E-state index in [1.807, 2.05) is 11.3 Å². The molecule has 2 heterocycles. The van der Waals surface area contributed by atoms with E-state index in [4.69, 9.17) is 0 Å². The van der Waals surface area contributed by atoms with Gasteiger partial charge in [-0.05, 0) is 26.7 Å². The number of aromatic nitrogens is 1. The van der Waals surface area contributed by atoms with Gasteiger partial charge in [-0.1, -0.05) is 12.8 Å². The number of hydrogen-bond acceptors (Lipinski definition) is 4. The molecule has 1 saturated heterocycles. The predicted octanol–water partition coefficient (Wildman–Crippen LogP) is 2.48. The SMILES string of the molecule is Cc1nc(CN2CCNC3(CCCC3)C2)sc1C. The van der Waals surface area contributed by atoms with Crippen molar-refractivity contribution in [1.82, 2.24) is 15.2 Å². The van der Waals surface area contributed by atoms with Crippen molar-refractivity contribution in [2.24, 2.45) is 0 Å². The molecule has 1 aliphatic heterocycles. The first-order chi connectivity index (χ1) is 8.67. The average Bonchev–Trinajstić information content (AvgIpc) is 2.88. The van der Waals surface area contributed by atoms with Gasteiger partial charge in [0.15, 0.2) is 0 Å². The fourth-order valence-electron chi connectivity index (χ4n) is 3.36. The Morgan fingerprint density at radius 2 is 2.11 bits per heavy atom. The van der Waals surface area contributed by atoms with E-state index in [-0.39, 0.29) is 0 Å². The van der Waals surface area contributed by atoms with E-state index in [1.54, 1.807) is 0 Å². The zero-order valence-electron chi connectivity index (χ0n) is 11.5. The lowest BCUT2D eigenvalue weighted by Crippen LogP contribution is -2.58. The van der Waals surface area contributed by atoms with E-state index in [1.165, 1.54) is 54.4 Å². The number of aryl methyl sites for hydroxylation is 2. The molecule has 2 fully saturated rings. The van der Waals surface area contributed by atoms with Gasteiger partial charge in [0, 0.05) is 30.1 Å². The quantitative estimate of drug-likeness (QED) is 0.890. The van der Waals surface area contributed by atoms with Crippen LogP contribution in [0.1, 0.15) is 41.3 Å². The minimum absolute atomic E-state index is 0.430. The molecule has 1 saturated carbocycles. The standard InChI is InChI=1S/C14H23N3S/c1-11-12(2)18-13(16-11)9-17-8-7-15-14(10-17)5-3-4-6-14/h15H,3-10H2,1-2H3. The summed E-state index contributed by atoms with van der Waals surface area (Å²) in [6.45, 7) is 8.86. The lowest BCUT2D eigenvalue weighted by atomic mass is 9.94. The highest BCUT2D eigenvalue weighted by molar-refractivity contribution is 7.11. The van der Waals surface area contributed by atoms with Crippen LogP contribution >= 0.6 is 11.3 Å². The molecule has 18 heavy (non-hydrogen) atoms. The molecule has 0 atom stereocenters. The molecule has 1 aromatic heterocycles. The highest BCUT2D eigenvalue weighted by Gasteiger charge is 2.37. The third-order valence-corrected chi connectivity index (χ3v) is 5.50. The van der Waals surface area contributed by atoms with Crippen molar-refractivity contribution in [3.8, 4) is 0 Å². The van der Waals surface area contributed by atoms with Crippen LogP contribution in [-0.2, 0) is 6.54 Å². The Balaban J connectivity index is 1.65. The van der Waals surface area contributed by atoms with Crippen LogP contribution in [-0.4, -0.2) is 35.1 Å². The molecule has 2 aliphatic rings. The third kappa shape index (κ3) is 2.46. The molecule has 1 N–H and O–H groups in total. The number of rotatable bonds is 2. The minimum Gasteiger partial charge on any atom is -0.309 e. The summed E-state index contributed by atoms with van der Waals surface area (Å²) < 4.78 is 0. The smallest absolute Gasteiger partial charge is 0.107 e. The first-order valence-electron chi connectivity index (χ1n) is 7.07. The van der Waals surface area contributed by atoms with Crippen molar-refractivity contribution in [3.63, 3.8) is 0 Å². The van der Waals surface area contributed by atoms with Crippen molar-refractivity contribution in [2.75, 3.05) is 19.6 Å². The van der Waals surface area contributed by atoms with Crippen molar-refractivity contribution >= 4 is 11.3 Å². The molecule has 4 heteroatoms. The van der Waals surface area contributed by atoms with Gasteiger partial charge in [0.25, 0.3) is 0 Å². The Labute approximate surface area is 114 Å². The van der Waals surface area contributed by atoms with Crippen molar-refractivity contribution in [2.45, 2.75) is 51.6 Å². The van der Waals surface area contributed by atoms with Gasteiger partial charge in [-0.2, -0.15) is 0 Å². The summed E-state index contributed by atoms with van der Waals surface area (Å²) in [6, 6.07) is 0. The topological polar surface area (TPSA) is 28.2 Å². The van der Waals surface area contributed by atoms with Gasteiger partial charge >= 0.3 is 0 Å². The summed E-state index contributed by atoms with van der Waals surface area (Å²) in [5.74, 6) is 0. The first-order valence-corrected chi connectivity index (χ1v) is 7.89. The predicted molar refractivity (Wildman–Crippen MR) is 76.1 cm³/mol. The molecule has 0 aromatic carbocycles. The van der Waals surface area contributed by atoms with Crippen molar-refractivity contribution in [1.29, 1.82) is 0 Å². The Hall–Kier alpha value is -0.450. The Morgan fingerprint density at radius 3 is 2.78 bits per heavy atom. The maximum atomic E-state index is 4.68. The number of piperazine rings is 1. The van der Waals surface area contributed by atoms with Gasteiger partial charge in [0.05, 0.1) is 12.2 Å². The molecule has 0 radical (unpaired) electrons. The Morgan fingerprint density at radius 1 is 1.33 bits per heavy atom. The number of hydrogen-bond donors (Lipinski definition) is 1. The molecule has 1 aromatic rings. The highest BCUT2D eigenvalue weighted by atomic mass is 32.1. The van der Waals surface area contributed by atoms with E-state index in [0.717, 1.165) is 13.1 Å². The molecule has 3 rings (SSSR count). The second kappa shape index (κ2) is 4.91. The van der Waals surface area contributed by atoms with Gasteiger partial charge in [-0.3, -0.25) is 4.90 Å².